The quantitative estimate of drug-likeness (QED) is 0.581. The minimum Gasteiger partial charge on any atom is -0.481 e. The standard InChI is InChI=1S/C22H24N4O4S/c1-14-5-9-19(10-6-14)30-16(3)22(27)25-18-7-11-20(12-8-18)31(28,29)26-21-13-15(2)23-17(4)24-21/h5-13,16H,1-4H3,(H,25,27)(H,23,24,26). The van der Waals surface area contributed by atoms with E-state index in [-0.39, 0.29) is 16.6 Å². The third-order valence-corrected chi connectivity index (χ3v) is 5.71. The van der Waals surface area contributed by atoms with E-state index in [1.54, 1.807) is 39.0 Å². The molecule has 0 aliphatic rings. The number of rotatable bonds is 7. The second-order valence-corrected chi connectivity index (χ2v) is 8.82. The van der Waals surface area contributed by atoms with Gasteiger partial charge in [-0.25, -0.2) is 18.4 Å². The van der Waals surface area contributed by atoms with Crippen molar-refractivity contribution in [2.45, 2.75) is 38.7 Å². The lowest BCUT2D eigenvalue weighted by molar-refractivity contribution is -0.122. The van der Waals surface area contributed by atoms with Gasteiger partial charge in [-0.15, -0.1) is 0 Å². The van der Waals surface area contributed by atoms with Crippen LogP contribution in [0.25, 0.3) is 0 Å². The molecular formula is C22H24N4O4S. The lowest BCUT2D eigenvalue weighted by Gasteiger charge is -2.15. The molecule has 3 rings (SSSR count). The number of amides is 1. The number of carbonyl (C=O) groups is 1. The Morgan fingerprint density at radius 3 is 2.23 bits per heavy atom. The van der Waals surface area contributed by atoms with Crippen molar-refractivity contribution < 1.29 is 17.9 Å². The Morgan fingerprint density at radius 2 is 1.61 bits per heavy atom. The van der Waals surface area contributed by atoms with E-state index in [4.69, 9.17) is 4.74 Å². The summed E-state index contributed by atoms with van der Waals surface area (Å²) >= 11 is 0. The van der Waals surface area contributed by atoms with Gasteiger partial charge in [-0.05, 0) is 64.1 Å². The van der Waals surface area contributed by atoms with Gasteiger partial charge in [0.05, 0.1) is 4.90 Å². The van der Waals surface area contributed by atoms with E-state index in [2.05, 4.69) is 20.0 Å². The van der Waals surface area contributed by atoms with Gasteiger partial charge in [0.25, 0.3) is 15.9 Å². The zero-order valence-corrected chi connectivity index (χ0v) is 18.5. The third-order valence-electron chi connectivity index (χ3n) is 4.34. The van der Waals surface area contributed by atoms with Gasteiger partial charge in [-0.3, -0.25) is 9.52 Å². The van der Waals surface area contributed by atoms with Crippen LogP contribution in [-0.4, -0.2) is 30.4 Å². The summed E-state index contributed by atoms with van der Waals surface area (Å²) in [6.45, 7) is 7.05. The fourth-order valence-electron chi connectivity index (χ4n) is 2.80. The number of nitrogens with zero attached hydrogens (tertiary/aromatic N) is 2. The van der Waals surface area contributed by atoms with E-state index in [1.165, 1.54) is 24.3 Å². The summed E-state index contributed by atoms with van der Waals surface area (Å²) in [4.78, 5) is 20.6. The molecule has 0 saturated heterocycles. The molecule has 1 amide bonds. The van der Waals surface area contributed by atoms with Crippen LogP contribution in [-0.2, 0) is 14.8 Å². The maximum atomic E-state index is 12.6. The highest BCUT2D eigenvalue weighted by Crippen LogP contribution is 2.19. The predicted octanol–water partition coefficient (Wildman–Crippen LogP) is 3.61. The molecule has 0 aliphatic heterocycles. The van der Waals surface area contributed by atoms with Crippen LogP contribution in [0.5, 0.6) is 5.75 Å². The highest BCUT2D eigenvalue weighted by molar-refractivity contribution is 7.92. The summed E-state index contributed by atoms with van der Waals surface area (Å²) in [5, 5.41) is 2.72. The molecule has 9 heteroatoms. The summed E-state index contributed by atoms with van der Waals surface area (Å²) in [6.07, 6.45) is -0.725. The Morgan fingerprint density at radius 1 is 0.968 bits per heavy atom. The van der Waals surface area contributed by atoms with E-state index in [1.807, 2.05) is 19.1 Å². The smallest absolute Gasteiger partial charge is 0.265 e. The lowest BCUT2D eigenvalue weighted by Crippen LogP contribution is -2.30. The van der Waals surface area contributed by atoms with Crippen LogP contribution in [0.1, 0.15) is 24.0 Å². The summed E-state index contributed by atoms with van der Waals surface area (Å²) < 4.78 is 33.3. The summed E-state index contributed by atoms with van der Waals surface area (Å²) in [5.41, 5.74) is 2.21. The van der Waals surface area contributed by atoms with Gasteiger partial charge >= 0.3 is 0 Å². The van der Waals surface area contributed by atoms with E-state index in [0.29, 0.717) is 23.0 Å². The van der Waals surface area contributed by atoms with Crippen molar-refractivity contribution in [3.05, 3.63) is 71.7 Å². The summed E-state index contributed by atoms with van der Waals surface area (Å²) in [5.74, 6) is 0.916. The molecule has 1 heterocycles. The molecule has 0 saturated carbocycles. The van der Waals surface area contributed by atoms with Gasteiger partial charge in [-0.2, -0.15) is 0 Å². The van der Waals surface area contributed by atoms with E-state index in [0.717, 1.165) is 5.56 Å². The first-order valence-corrected chi connectivity index (χ1v) is 11.1. The Hall–Kier alpha value is -3.46. The number of aryl methyl sites for hydroxylation is 3. The normalized spacial score (nSPS) is 12.1. The fourth-order valence-corrected chi connectivity index (χ4v) is 3.79. The minimum atomic E-state index is -3.83. The summed E-state index contributed by atoms with van der Waals surface area (Å²) in [7, 11) is -3.83. The highest BCUT2D eigenvalue weighted by Gasteiger charge is 2.18. The molecular weight excluding hydrogens is 416 g/mol. The number of ether oxygens (including phenoxy) is 1. The molecule has 162 valence electrons. The third kappa shape index (κ3) is 6.02. The monoisotopic (exact) mass is 440 g/mol. The van der Waals surface area contributed by atoms with Gasteiger partial charge in [0.15, 0.2) is 6.10 Å². The maximum absolute atomic E-state index is 12.6. The van der Waals surface area contributed by atoms with Crippen LogP contribution in [0.3, 0.4) is 0 Å². The maximum Gasteiger partial charge on any atom is 0.265 e. The topological polar surface area (TPSA) is 110 Å². The van der Waals surface area contributed by atoms with E-state index in [9.17, 15) is 13.2 Å². The zero-order valence-electron chi connectivity index (χ0n) is 17.7. The van der Waals surface area contributed by atoms with Crippen molar-refractivity contribution in [2.24, 2.45) is 0 Å². The molecule has 1 atom stereocenters. The Bertz CT molecular complexity index is 1160. The second-order valence-electron chi connectivity index (χ2n) is 7.13. The van der Waals surface area contributed by atoms with Crippen LogP contribution >= 0.6 is 0 Å². The number of benzene rings is 2. The predicted molar refractivity (Wildman–Crippen MR) is 119 cm³/mol. The minimum absolute atomic E-state index is 0.0448. The SMILES string of the molecule is Cc1ccc(OC(C)C(=O)Nc2ccc(S(=O)(=O)Nc3cc(C)nc(C)n3)cc2)cc1. The van der Waals surface area contributed by atoms with E-state index >= 15 is 0 Å². The average molecular weight is 441 g/mol. The van der Waals surface area contributed by atoms with Crippen molar-refractivity contribution >= 4 is 27.4 Å². The Labute approximate surface area is 181 Å². The molecule has 1 unspecified atom stereocenters. The van der Waals surface area contributed by atoms with Gasteiger partial charge in [-0.1, -0.05) is 17.7 Å². The number of anilines is 2. The largest absolute Gasteiger partial charge is 0.481 e. The number of carbonyl (C=O) groups excluding carboxylic acids is 1. The first-order valence-electron chi connectivity index (χ1n) is 9.62. The van der Waals surface area contributed by atoms with Crippen molar-refractivity contribution in [1.29, 1.82) is 0 Å². The first-order chi connectivity index (χ1) is 14.6. The number of sulfonamides is 1. The van der Waals surface area contributed by atoms with Gasteiger partial charge in [0.2, 0.25) is 0 Å². The van der Waals surface area contributed by atoms with Crippen LogP contribution in [0, 0.1) is 20.8 Å². The molecule has 3 aromatic rings. The molecule has 0 radical (unpaired) electrons. The molecule has 0 bridgehead atoms. The number of hydrogen-bond acceptors (Lipinski definition) is 6. The Balaban J connectivity index is 1.64. The molecule has 0 fully saturated rings. The molecule has 31 heavy (non-hydrogen) atoms. The molecule has 2 aromatic carbocycles. The van der Waals surface area contributed by atoms with Gasteiger partial charge in [0, 0.05) is 17.4 Å². The summed E-state index contributed by atoms with van der Waals surface area (Å²) in [6, 6.07) is 14.8. The number of nitrogens with one attached hydrogen (secondary N) is 2. The molecule has 2 N–H and O–H groups in total. The van der Waals surface area contributed by atoms with Crippen LogP contribution in [0.2, 0.25) is 0 Å². The first kappa shape index (κ1) is 22.2. The van der Waals surface area contributed by atoms with Crippen molar-refractivity contribution in [1.82, 2.24) is 9.97 Å². The van der Waals surface area contributed by atoms with Crippen LogP contribution in [0.4, 0.5) is 11.5 Å². The second kappa shape index (κ2) is 9.13. The van der Waals surface area contributed by atoms with Crippen molar-refractivity contribution in [3.8, 4) is 5.75 Å². The van der Waals surface area contributed by atoms with Crippen LogP contribution < -0.4 is 14.8 Å². The van der Waals surface area contributed by atoms with E-state index < -0.39 is 16.1 Å². The number of hydrogen-bond donors (Lipinski definition) is 2. The Kier molecular flexibility index (Phi) is 6.55. The zero-order chi connectivity index (χ0) is 22.6. The highest BCUT2D eigenvalue weighted by atomic mass is 32.2. The molecule has 8 nitrogen and oxygen atoms in total. The number of aromatic nitrogens is 2. The fraction of sp³-hybridized carbons (Fsp3) is 0.227. The van der Waals surface area contributed by atoms with Crippen molar-refractivity contribution in [2.75, 3.05) is 10.0 Å². The molecule has 0 aliphatic carbocycles. The molecule has 1 aromatic heterocycles. The van der Waals surface area contributed by atoms with Gasteiger partial charge in [0.1, 0.15) is 17.4 Å². The average Bonchev–Trinajstić information content (AvgIpc) is 2.69. The van der Waals surface area contributed by atoms with Gasteiger partial charge < -0.3 is 10.1 Å². The lowest BCUT2D eigenvalue weighted by atomic mass is 10.2. The molecule has 0 spiro atoms. The van der Waals surface area contributed by atoms with Crippen LogP contribution in [0.15, 0.2) is 59.5 Å². The van der Waals surface area contributed by atoms with Crippen molar-refractivity contribution in [3.63, 3.8) is 0 Å².